The minimum atomic E-state index is -3.59. The smallest absolute Gasteiger partial charge is 0.243 e. The first-order chi connectivity index (χ1) is 14.7. The maximum absolute atomic E-state index is 13.0. The zero-order chi connectivity index (χ0) is 22.6. The fourth-order valence-corrected chi connectivity index (χ4v) is 5.08. The first-order valence-corrected chi connectivity index (χ1v) is 12.1. The number of nitrogens with zero attached hydrogens (tertiary/aromatic N) is 2. The van der Waals surface area contributed by atoms with Crippen molar-refractivity contribution in [1.29, 1.82) is 0 Å². The minimum Gasteiger partial charge on any atom is -0.494 e. The molecule has 0 bridgehead atoms. The highest BCUT2D eigenvalue weighted by Gasteiger charge is 2.32. The summed E-state index contributed by atoms with van der Waals surface area (Å²) < 4.78 is 32.7. The Morgan fingerprint density at radius 2 is 1.77 bits per heavy atom. The zero-order valence-electron chi connectivity index (χ0n) is 18.0. The van der Waals surface area contributed by atoms with E-state index in [1.807, 2.05) is 31.7 Å². The molecule has 2 aromatic rings. The molecule has 1 aliphatic rings. The maximum atomic E-state index is 13.0. The van der Waals surface area contributed by atoms with Crippen LogP contribution >= 0.6 is 11.6 Å². The van der Waals surface area contributed by atoms with Gasteiger partial charge in [0.25, 0.3) is 0 Å². The molecule has 1 N–H and O–H groups in total. The van der Waals surface area contributed by atoms with Gasteiger partial charge in [-0.1, -0.05) is 17.7 Å². The number of carbonyl (C=O) groups excluding carboxylic acids is 1. The van der Waals surface area contributed by atoms with Crippen molar-refractivity contribution in [3.05, 3.63) is 53.1 Å². The second kappa shape index (κ2) is 9.99. The monoisotopic (exact) mass is 465 g/mol. The normalized spacial score (nSPS) is 16.6. The van der Waals surface area contributed by atoms with E-state index < -0.39 is 16.1 Å². The maximum Gasteiger partial charge on any atom is 0.243 e. The average Bonchev–Trinajstić information content (AvgIpc) is 2.76. The molecule has 1 unspecified atom stereocenters. The van der Waals surface area contributed by atoms with Crippen molar-refractivity contribution in [2.45, 2.75) is 31.7 Å². The molecule has 1 fully saturated rings. The predicted octanol–water partition coefficient (Wildman–Crippen LogP) is 3.38. The van der Waals surface area contributed by atoms with E-state index in [2.05, 4.69) is 5.32 Å². The number of nitrogens with one attached hydrogen (secondary N) is 1. The van der Waals surface area contributed by atoms with E-state index in [1.54, 1.807) is 36.4 Å². The lowest BCUT2D eigenvalue weighted by Gasteiger charge is -2.36. The van der Waals surface area contributed by atoms with Crippen LogP contribution < -0.4 is 10.1 Å². The summed E-state index contributed by atoms with van der Waals surface area (Å²) >= 11 is 6.03. The van der Waals surface area contributed by atoms with Crippen LogP contribution in [0.2, 0.25) is 5.02 Å². The van der Waals surface area contributed by atoms with Crippen molar-refractivity contribution in [3.8, 4) is 5.75 Å². The number of piperazine rings is 1. The van der Waals surface area contributed by atoms with Gasteiger partial charge in [-0.25, -0.2) is 8.42 Å². The van der Waals surface area contributed by atoms with Crippen LogP contribution in [0.1, 0.15) is 19.4 Å². The van der Waals surface area contributed by atoms with E-state index in [4.69, 9.17) is 16.3 Å². The van der Waals surface area contributed by atoms with Crippen LogP contribution in [0.15, 0.2) is 47.4 Å². The summed E-state index contributed by atoms with van der Waals surface area (Å²) in [7, 11) is -3.59. The SMILES string of the molecule is CCOc1ccc(S(=O)(=O)N2CCN(C(C)C(=O)Nc3cc(Cl)ccc3C)CC2)cc1. The van der Waals surface area contributed by atoms with E-state index in [1.165, 1.54) is 4.31 Å². The van der Waals surface area contributed by atoms with E-state index >= 15 is 0 Å². The van der Waals surface area contributed by atoms with E-state index in [9.17, 15) is 13.2 Å². The molecule has 2 aromatic carbocycles. The molecular weight excluding hydrogens is 438 g/mol. The molecule has 9 heteroatoms. The Bertz CT molecular complexity index is 1020. The van der Waals surface area contributed by atoms with Crippen LogP contribution in [0.25, 0.3) is 0 Å². The standard InChI is InChI=1S/C22H28ClN3O4S/c1-4-30-19-7-9-20(10-8-19)31(28,29)26-13-11-25(12-14-26)17(3)22(27)24-21-15-18(23)6-5-16(21)2/h5-10,15,17H,4,11-14H2,1-3H3,(H,24,27). The molecule has 168 valence electrons. The van der Waals surface area contributed by atoms with E-state index in [0.717, 1.165) is 5.56 Å². The summed E-state index contributed by atoms with van der Waals surface area (Å²) in [5, 5.41) is 3.48. The minimum absolute atomic E-state index is 0.145. The second-order valence-electron chi connectivity index (χ2n) is 7.47. The van der Waals surface area contributed by atoms with Crippen molar-refractivity contribution in [2.24, 2.45) is 0 Å². The van der Waals surface area contributed by atoms with Crippen LogP contribution in [0.4, 0.5) is 5.69 Å². The fourth-order valence-electron chi connectivity index (χ4n) is 3.49. The summed E-state index contributed by atoms with van der Waals surface area (Å²) in [5.74, 6) is 0.495. The molecule has 7 nitrogen and oxygen atoms in total. The van der Waals surface area contributed by atoms with Crippen molar-refractivity contribution < 1.29 is 17.9 Å². The Labute approximate surface area is 189 Å². The molecule has 1 heterocycles. The van der Waals surface area contributed by atoms with Gasteiger partial charge < -0.3 is 10.1 Å². The molecule has 0 spiro atoms. The van der Waals surface area contributed by atoms with Crippen molar-refractivity contribution in [3.63, 3.8) is 0 Å². The van der Waals surface area contributed by atoms with Gasteiger partial charge in [0.1, 0.15) is 5.75 Å². The fraction of sp³-hybridized carbons (Fsp3) is 0.409. The number of hydrogen-bond acceptors (Lipinski definition) is 5. The third-order valence-corrected chi connectivity index (χ3v) is 7.58. The van der Waals surface area contributed by atoms with E-state index in [0.29, 0.717) is 49.2 Å². The average molecular weight is 466 g/mol. The van der Waals surface area contributed by atoms with E-state index in [-0.39, 0.29) is 10.8 Å². The number of ether oxygens (including phenoxy) is 1. The summed E-state index contributed by atoms with van der Waals surface area (Å²) in [6.45, 7) is 7.72. The molecule has 31 heavy (non-hydrogen) atoms. The first kappa shape index (κ1) is 23.5. The summed E-state index contributed by atoms with van der Waals surface area (Å²) in [5.41, 5.74) is 1.61. The van der Waals surface area contributed by atoms with Gasteiger partial charge in [0.2, 0.25) is 15.9 Å². The Balaban J connectivity index is 1.60. The van der Waals surface area contributed by atoms with Crippen LogP contribution in [-0.2, 0) is 14.8 Å². The summed E-state index contributed by atoms with van der Waals surface area (Å²) in [6, 6.07) is 11.4. The Kier molecular flexibility index (Phi) is 7.59. The number of aryl methyl sites for hydroxylation is 1. The van der Waals surface area contributed by atoms with Gasteiger partial charge in [0.05, 0.1) is 17.5 Å². The first-order valence-electron chi connectivity index (χ1n) is 10.3. The predicted molar refractivity (Wildman–Crippen MR) is 122 cm³/mol. The number of anilines is 1. The van der Waals surface area contributed by atoms with Crippen LogP contribution in [-0.4, -0.2) is 62.4 Å². The quantitative estimate of drug-likeness (QED) is 0.678. The summed E-state index contributed by atoms with van der Waals surface area (Å²) in [6.07, 6.45) is 0. The second-order valence-corrected chi connectivity index (χ2v) is 9.84. The van der Waals surface area contributed by atoms with Crippen molar-refractivity contribution in [1.82, 2.24) is 9.21 Å². The third kappa shape index (κ3) is 5.57. The third-order valence-electron chi connectivity index (χ3n) is 5.43. The van der Waals surface area contributed by atoms with Crippen LogP contribution in [0, 0.1) is 6.92 Å². The van der Waals surface area contributed by atoms with Gasteiger partial charge in [0.15, 0.2) is 0 Å². The molecule has 0 aliphatic carbocycles. The molecule has 0 saturated carbocycles. The van der Waals surface area contributed by atoms with Crippen LogP contribution in [0.3, 0.4) is 0 Å². The largest absolute Gasteiger partial charge is 0.494 e. The number of rotatable bonds is 7. The highest BCUT2D eigenvalue weighted by atomic mass is 35.5. The lowest BCUT2D eigenvalue weighted by Crippen LogP contribution is -2.53. The summed E-state index contributed by atoms with van der Waals surface area (Å²) in [4.78, 5) is 14.9. The lowest BCUT2D eigenvalue weighted by molar-refractivity contribution is -0.121. The highest BCUT2D eigenvalue weighted by Crippen LogP contribution is 2.23. The van der Waals surface area contributed by atoms with Gasteiger partial charge >= 0.3 is 0 Å². The van der Waals surface area contributed by atoms with Crippen molar-refractivity contribution >= 4 is 33.2 Å². The molecule has 1 atom stereocenters. The molecule has 0 aromatic heterocycles. The Morgan fingerprint density at radius 3 is 2.39 bits per heavy atom. The Morgan fingerprint density at radius 1 is 1.13 bits per heavy atom. The Hall–Kier alpha value is -2.13. The van der Waals surface area contributed by atoms with Gasteiger partial charge in [-0.2, -0.15) is 4.31 Å². The zero-order valence-corrected chi connectivity index (χ0v) is 19.5. The number of benzene rings is 2. The number of carbonyl (C=O) groups is 1. The molecule has 3 rings (SSSR count). The number of amides is 1. The van der Waals surface area contributed by atoms with Crippen molar-refractivity contribution in [2.75, 3.05) is 38.1 Å². The number of halogens is 1. The topological polar surface area (TPSA) is 79.0 Å². The molecular formula is C22H28ClN3O4S. The lowest BCUT2D eigenvalue weighted by atomic mass is 10.1. The van der Waals surface area contributed by atoms with Gasteiger partial charge in [-0.05, 0) is 62.7 Å². The van der Waals surface area contributed by atoms with Gasteiger partial charge in [0, 0.05) is 36.9 Å². The molecule has 1 saturated heterocycles. The van der Waals surface area contributed by atoms with Gasteiger partial charge in [-0.15, -0.1) is 0 Å². The number of sulfonamides is 1. The molecule has 1 aliphatic heterocycles. The molecule has 1 amide bonds. The molecule has 0 radical (unpaired) electrons. The number of hydrogen-bond donors (Lipinski definition) is 1. The highest BCUT2D eigenvalue weighted by molar-refractivity contribution is 7.89. The van der Waals surface area contributed by atoms with Gasteiger partial charge in [-0.3, -0.25) is 9.69 Å². The van der Waals surface area contributed by atoms with Crippen LogP contribution in [0.5, 0.6) is 5.75 Å².